The monoisotopic (exact) mass is 274 g/mol. The van der Waals surface area contributed by atoms with E-state index < -0.39 is 5.60 Å². The summed E-state index contributed by atoms with van der Waals surface area (Å²) in [5.74, 6) is 0. The number of hydrogen-bond acceptors (Lipinski definition) is 2. The van der Waals surface area contributed by atoms with Gasteiger partial charge in [-0.15, -0.1) is 0 Å². The predicted molar refractivity (Wildman–Crippen MR) is 67.7 cm³/mol. The molecule has 1 heterocycles. The van der Waals surface area contributed by atoms with Crippen LogP contribution in [0.2, 0.25) is 10.0 Å². The van der Waals surface area contributed by atoms with Gasteiger partial charge in [-0.25, -0.2) is 4.79 Å². The normalized spacial score (nSPS) is 17.5. The van der Waals surface area contributed by atoms with Crippen LogP contribution in [0.4, 0.5) is 10.5 Å². The maximum Gasteiger partial charge on any atom is 0.322 e. The molecule has 0 aromatic heterocycles. The Hall–Kier alpha value is -0.970. The zero-order valence-electron chi connectivity index (χ0n) is 9.20. The van der Waals surface area contributed by atoms with Gasteiger partial charge in [-0.3, -0.25) is 0 Å². The molecule has 0 radical (unpaired) electrons. The number of halogens is 2. The minimum absolute atomic E-state index is 0.255. The van der Waals surface area contributed by atoms with Gasteiger partial charge in [0.2, 0.25) is 0 Å². The summed E-state index contributed by atoms with van der Waals surface area (Å²) in [7, 11) is 0. The van der Waals surface area contributed by atoms with Crippen LogP contribution in [-0.2, 0) is 0 Å². The molecule has 1 aromatic rings. The van der Waals surface area contributed by atoms with Crippen molar-refractivity contribution in [2.24, 2.45) is 0 Å². The van der Waals surface area contributed by atoms with E-state index in [1.165, 1.54) is 4.90 Å². The summed E-state index contributed by atoms with van der Waals surface area (Å²) in [4.78, 5) is 13.2. The molecule has 0 saturated carbocycles. The van der Waals surface area contributed by atoms with E-state index in [4.69, 9.17) is 23.2 Å². The second-order valence-corrected chi connectivity index (χ2v) is 5.23. The van der Waals surface area contributed by atoms with Crippen molar-refractivity contribution in [3.8, 4) is 0 Å². The first-order valence-electron chi connectivity index (χ1n) is 5.11. The maximum atomic E-state index is 11.7. The highest BCUT2D eigenvalue weighted by Gasteiger charge is 2.39. The molecular formula is C11H12Cl2N2O2. The quantitative estimate of drug-likeness (QED) is 0.827. The van der Waals surface area contributed by atoms with E-state index in [1.54, 1.807) is 25.1 Å². The van der Waals surface area contributed by atoms with Gasteiger partial charge in [0.1, 0.15) is 0 Å². The molecule has 2 rings (SSSR count). The largest absolute Gasteiger partial charge is 0.386 e. The highest BCUT2D eigenvalue weighted by molar-refractivity contribution is 6.42. The lowest BCUT2D eigenvalue weighted by Crippen LogP contribution is -2.62. The van der Waals surface area contributed by atoms with Crippen LogP contribution < -0.4 is 5.32 Å². The zero-order valence-corrected chi connectivity index (χ0v) is 10.7. The number of nitrogens with one attached hydrogen (secondary N) is 1. The fourth-order valence-electron chi connectivity index (χ4n) is 1.70. The molecule has 92 valence electrons. The van der Waals surface area contributed by atoms with Crippen molar-refractivity contribution >= 4 is 34.9 Å². The standard InChI is InChI=1S/C11H12Cl2N2O2/c1-11(17)5-15(6-11)10(16)14-7-2-3-8(12)9(13)4-7/h2-4,17H,5-6H2,1H3,(H,14,16). The summed E-state index contributed by atoms with van der Waals surface area (Å²) in [5.41, 5.74) is -0.189. The van der Waals surface area contributed by atoms with Gasteiger partial charge in [-0.2, -0.15) is 0 Å². The fraction of sp³-hybridized carbons (Fsp3) is 0.364. The molecule has 1 aromatic carbocycles. The fourth-order valence-corrected chi connectivity index (χ4v) is 1.99. The van der Waals surface area contributed by atoms with E-state index in [1.807, 2.05) is 0 Å². The van der Waals surface area contributed by atoms with Crippen LogP contribution in [0, 0.1) is 0 Å². The van der Waals surface area contributed by atoms with Crippen LogP contribution in [0.25, 0.3) is 0 Å². The molecular weight excluding hydrogens is 263 g/mol. The topological polar surface area (TPSA) is 52.6 Å². The van der Waals surface area contributed by atoms with Crippen LogP contribution in [0.3, 0.4) is 0 Å². The smallest absolute Gasteiger partial charge is 0.322 e. The number of likely N-dealkylation sites (tertiary alicyclic amines) is 1. The molecule has 4 nitrogen and oxygen atoms in total. The number of carbonyl (C=O) groups excluding carboxylic acids is 1. The van der Waals surface area contributed by atoms with Crippen LogP contribution in [0.5, 0.6) is 0 Å². The molecule has 0 atom stereocenters. The average Bonchev–Trinajstić information content (AvgIpc) is 2.20. The first-order valence-corrected chi connectivity index (χ1v) is 5.86. The summed E-state index contributed by atoms with van der Waals surface area (Å²) in [6.07, 6.45) is 0. The Morgan fingerprint density at radius 1 is 1.41 bits per heavy atom. The minimum Gasteiger partial charge on any atom is -0.386 e. The highest BCUT2D eigenvalue weighted by atomic mass is 35.5. The Morgan fingerprint density at radius 3 is 2.59 bits per heavy atom. The summed E-state index contributed by atoms with van der Waals surface area (Å²) < 4.78 is 0. The molecule has 6 heteroatoms. The number of β-amino-alcohol motifs (C(OH)–C–C–N with tert-alkyl or cyclic N) is 1. The number of aliphatic hydroxyl groups is 1. The lowest BCUT2D eigenvalue weighted by molar-refractivity contribution is -0.0581. The summed E-state index contributed by atoms with van der Waals surface area (Å²) in [6, 6.07) is 4.62. The Morgan fingerprint density at radius 2 is 2.06 bits per heavy atom. The third-order valence-electron chi connectivity index (χ3n) is 2.52. The molecule has 2 N–H and O–H groups in total. The van der Waals surface area contributed by atoms with Gasteiger partial charge >= 0.3 is 6.03 Å². The number of benzene rings is 1. The van der Waals surface area contributed by atoms with Gasteiger partial charge < -0.3 is 15.3 Å². The van der Waals surface area contributed by atoms with E-state index in [2.05, 4.69) is 5.32 Å². The van der Waals surface area contributed by atoms with Crippen molar-refractivity contribution < 1.29 is 9.90 Å². The first-order chi connectivity index (χ1) is 7.87. The lowest BCUT2D eigenvalue weighted by Gasteiger charge is -2.43. The van der Waals surface area contributed by atoms with Crippen molar-refractivity contribution in [1.82, 2.24) is 4.90 Å². The van der Waals surface area contributed by atoms with E-state index >= 15 is 0 Å². The molecule has 0 unspecified atom stereocenters. The number of hydrogen-bond donors (Lipinski definition) is 2. The average molecular weight is 275 g/mol. The predicted octanol–water partition coefficient (Wildman–Crippen LogP) is 2.59. The number of rotatable bonds is 1. The Kier molecular flexibility index (Phi) is 3.21. The number of carbonyl (C=O) groups is 1. The van der Waals surface area contributed by atoms with Crippen molar-refractivity contribution in [3.63, 3.8) is 0 Å². The van der Waals surface area contributed by atoms with Crippen molar-refractivity contribution in [2.75, 3.05) is 18.4 Å². The third-order valence-corrected chi connectivity index (χ3v) is 3.26. The van der Waals surface area contributed by atoms with Gasteiger partial charge in [-0.05, 0) is 25.1 Å². The van der Waals surface area contributed by atoms with Crippen molar-refractivity contribution in [3.05, 3.63) is 28.2 Å². The number of nitrogens with zero attached hydrogens (tertiary/aromatic N) is 1. The van der Waals surface area contributed by atoms with E-state index in [-0.39, 0.29) is 6.03 Å². The molecule has 1 aliphatic heterocycles. The third kappa shape index (κ3) is 2.83. The molecule has 0 spiro atoms. The number of urea groups is 1. The second kappa shape index (κ2) is 4.37. The molecule has 1 fully saturated rings. The van der Waals surface area contributed by atoms with E-state index in [0.717, 1.165) is 0 Å². The summed E-state index contributed by atoms with van der Waals surface area (Å²) in [6.45, 7) is 2.36. The van der Waals surface area contributed by atoms with Gasteiger partial charge in [0.25, 0.3) is 0 Å². The second-order valence-electron chi connectivity index (χ2n) is 4.41. The Bertz CT molecular complexity index is 455. The zero-order chi connectivity index (χ0) is 12.6. The van der Waals surface area contributed by atoms with Gasteiger partial charge in [-0.1, -0.05) is 23.2 Å². The van der Waals surface area contributed by atoms with Crippen LogP contribution in [0.1, 0.15) is 6.92 Å². The van der Waals surface area contributed by atoms with Gasteiger partial charge in [0, 0.05) is 5.69 Å². The van der Waals surface area contributed by atoms with Crippen LogP contribution in [0.15, 0.2) is 18.2 Å². The Balaban J connectivity index is 1.97. The SMILES string of the molecule is CC1(O)CN(C(=O)Nc2ccc(Cl)c(Cl)c2)C1. The number of anilines is 1. The maximum absolute atomic E-state index is 11.7. The molecule has 0 bridgehead atoms. The Labute approximate surface area is 109 Å². The summed E-state index contributed by atoms with van der Waals surface area (Å²) in [5, 5.41) is 13.0. The molecule has 0 aliphatic carbocycles. The molecule has 1 saturated heterocycles. The van der Waals surface area contributed by atoms with Crippen LogP contribution in [-0.4, -0.2) is 34.7 Å². The van der Waals surface area contributed by atoms with Crippen molar-refractivity contribution in [1.29, 1.82) is 0 Å². The lowest BCUT2D eigenvalue weighted by atomic mass is 9.98. The first kappa shape index (κ1) is 12.5. The van der Waals surface area contributed by atoms with E-state index in [0.29, 0.717) is 28.8 Å². The molecule has 17 heavy (non-hydrogen) atoms. The number of amides is 2. The molecule has 2 amide bonds. The van der Waals surface area contributed by atoms with Crippen molar-refractivity contribution in [2.45, 2.75) is 12.5 Å². The highest BCUT2D eigenvalue weighted by Crippen LogP contribution is 2.26. The minimum atomic E-state index is -0.769. The van der Waals surface area contributed by atoms with Gasteiger partial charge in [0.15, 0.2) is 0 Å². The van der Waals surface area contributed by atoms with Gasteiger partial charge in [0.05, 0.1) is 28.7 Å². The van der Waals surface area contributed by atoms with E-state index in [9.17, 15) is 9.90 Å². The van der Waals surface area contributed by atoms with Crippen LogP contribution >= 0.6 is 23.2 Å². The molecule has 1 aliphatic rings. The summed E-state index contributed by atoms with van der Waals surface area (Å²) >= 11 is 11.6.